The van der Waals surface area contributed by atoms with Gasteiger partial charge in [0.15, 0.2) is 5.82 Å². The predicted molar refractivity (Wildman–Crippen MR) is 66.4 cm³/mol. The molecule has 82 valence electrons. The maximum Gasteiger partial charge on any atom is 0.200 e. The second-order valence-electron chi connectivity index (χ2n) is 3.39. The molecule has 0 aliphatic carbocycles. The molecule has 0 fully saturated rings. The Hall–Kier alpha value is -2.14. The van der Waals surface area contributed by atoms with E-state index >= 15 is 0 Å². The highest BCUT2D eigenvalue weighted by molar-refractivity contribution is 7.08. The molecule has 0 aromatic carbocycles. The van der Waals surface area contributed by atoms with Crippen LogP contribution in [0.25, 0.3) is 22.8 Å². The third-order valence-corrected chi connectivity index (χ3v) is 2.96. The molecule has 0 saturated carbocycles. The highest BCUT2D eigenvalue weighted by Crippen LogP contribution is 2.19. The number of pyridine rings is 1. The van der Waals surface area contributed by atoms with Gasteiger partial charge >= 0.3 is 0 Å². The summed E-state index contributed by atoms with van der Waals surface area (Å²) < 4.78 is 0. The van der Waals surface area contributed by atoms with E-state index in [4.69, 9.17) is 0 Å². The Labute approximate surface area is 102 Å². The van der Waals surface area contributed by atoms with Crippen LogP contribution in [0.1, 0.15) is 0 Å². The molecule has 0 amide bonds. The minimum atomic E-state index is 0.546. The van der Waals surface area contributed by atoms with Gasteiger partial charge in [0.25, 0.3) is 0 Å². The van der Waals surface area contributed by atoms with Crippen molar-refractivity contribution < 1.29 is 0 Å². The van der Waals surface area contributed by atoms with Gasteiger partial charge in [-0.05, 0) is 23.6 Å². The Kier molecular flexibility index (Phi) is 2.59. The second-order valence-corrected chi connectivity index (χ2v) is 4.17. The highest BCUT2D eigenvalue weighted by Gasteiger charge is 2.05. The van der Waals surface area contributed by atoms with E-state index in [0.717, 1.165) is 17.0 Å². The molecular formula is C12H8N4S. The molecule has 5 heteroatoms. The van der Waals surface area contributed by atoms with Crippen LogP contribution in [-0.4, -0.2) is 20.2 Å². The lowest BCUT2D eigenvalue weighted by Gasteiger charge is -1.98. The first-order valence-electron chi connectivity index (χ1n) is 5.07. The molecule has 4 nitrogen and oxygen atoms in total. The van der Waals surface area contributed by atoms with Gasteiger partial charge in [-0.3, -0.25) is 4.98 Å². The Balaban J connectivity index is 1.96. The van der Waals surface area contributed by atoms with Crippen molar-refractivity contribution in [3.63, 3.8) is 0 Å². The van der Waals surface area contributed by atoms with Crippen LogP contribution < -0.4 is 0 Å². The van der Waals surface area contributed by atoms with Gasteiger partial charge in [-0.2, -0.15) is 11.3 Å². The molecule has 3 heterocycles. The minimum absolute atomic E-state index is 0.546. The van der Waals surface area contributed by atoms with Crippen molar-refractivity contribution in [2.75, 3.05) is 0 Å². The lowest BCUT2D eigenvalue weighted by atomic mass is 10.2. The molecule has 0 spiro atoms. The Bertz CT molecular complexity index is 590. The molecular weight excluding hydrogens is 232 g/mol. The van der Waals surface area contributed by atoms with Crippen molar-refractivity contribution in [2.24, 2.45) is 0 Å². The van der Waals surface area contributed by atoms with Gasteiger partial charge < -0.3 is 0 Å². The van der Waals surface area contributed by atoms with Crippen LogP contribution in [0.2, 0.25) is 0 Å². The summed E-state index contributed by atoms with van der Waals surface area (Å²) in [7, 11) is 0. The van der Waals surface area contributed by atoms with E-state index < -0.39 is 0 Å². The number of nitrogens with zero attached hydrogens (tertiary/aromatic N) is 4. The normalized spacial score (nSPS) is 10.4. The first kappa shape index (κ1) is 10.0. The van der Waals surface area contributed by atoms with Gasteiger partial charge in [-0.1, -0.05) is 6.07 Å². The van der Waals surface area contributed by atoms with E-state index in [1.165, 1.54) is 0 Å². The number of hydrogen-bond donors (Lipinski definition) is 0. The van der Waals surface area contributed by atoms with Crippen LogP contribution >= 0.6 is 11.3 Å². The quantitative estimate of drug-likeness (QED) is 0.691. The van der Waals surface area contributed by atoms with Gasteiger partial charge in [0.2, 0.25) is 0 Å². The Morgan fingerprint density at radius 1 is 0.941 bits per heavy atom. The second kappa shape index (κ2) is 4.39. The van der Waals surface area contributed by atoms with Gasteiger partial charge in [-0.25, -0.2) is 4.98 Å². The lowest BCUT2D eigenvalue weighted by Crippen LogP contribution is -1.95. The van der Waals surface area contributed by atoms with Crippen LogP contribution in [-0.2, 0) is 0 Å². The average molecular weight is 240 g/mol. The summed E-state index contributed by atoms with van der Waals surface area (Å²) in [4.78, 5) is 8.45. The van der Waals surface area contributed by atoms with E-state index in [1.807, 2.05) is 35.0 Å². The fourth-order valence-electron chi connectivity index (χ4n) is 1.43. The first-order valence-corrected chi connectivity index (χ1v) is 6.01. The molecule has 0 unspecified atom stereocenters. The zero-order valence-corrected chi connectivity index (χ0v) is 9.63. The molecule has 0 bridgehead atoms. The van der Waals surface area contributed by atoms with E-state index in [0.29, 0.717) is 5.82 Å². The van der Waals surface area contributed by atoms with Gasteiger partial charge in [0, 0.05) is 17.1 Å². The fourth-order valence-corrected chi connectivity index (χ4v) is 2.08. The smallest absolute Gasteiger partial charge is 0.200 e. The summed E-state index contributed by atoms with van der Waals surface area (Å²) in [5, 5.41) is 12.3. The molecule has 0 N–H and O–H groups in total. The summed E-state index contributed by atoms with van der Waals surface area (Å²) in [5.74, 6) is 0.546. The number of thiophene rings is 1. The van der Waals surface area contributed by atoms with Crippen LogP contribution in [0.15, 0.2) is 47.4 Å². The molecule has 0 radical (unpaired) electrons. The number of rotatable bonds is 2. The third kappa shape index (κ3) is 2.05. The summed E-state index contributed by atoms with van der Waals surface area (Å²) >= 11 is 1.63. The van der Waals surface area contributed by atoms with Crippen molar-refractivity contribution in [1.82, 2.24) is 20.2 Å². The predicted octanol–water partition coefficient (Wildman–Crippen LogP) is 2.66. The Morgan fingerprint density at radius 2 is 1.94 bits per heavy atom. The third-order valence-electron chi connectivity index (χ3n) is 2.27. The van der Waals surface area contributed by atoms with Crippen molar-refractivity contribution in [3.8, 4) is 22.8 Å². The highest BCUT2D eigenvalue weighted by atomic mass is 32.1. The van der Waals surface area contributed by atoms with Crippen LogP contribution in [0.3, 0.4) is 0 Å². The van der Waals surface area contributed by atoms with Crippen LogP contribution in [0.5, 0.6) is 0 Å². The van der Waals surface area contributed by atoms with Crippen molar-refractivity contribution in [2.45, 2.75) is 0 Å². The summed E-state index contributed by atoms with van der Waals surface area (Å²) in [6, 6.07) is 7.62. The summed E-state index contributed by atoms with van der Waals surface area (Å²) in [6.45, 7) is 0. The SMILES string of the molecule is c1ccc(-c2ncc(-c3ccsc3)nn2)nc1. The number of aromatic nitrogens is 4. The van der Waals surface area contributed by atoms with Crippen molar-refractivity contribution >= 4 is 11.3 Å². The molecule has 0 aliphatic rings. The zero-order valence-electron chi connectivity index (χ0n) is 8.82. The van der Waals surface area contributed by atoms with E-state index in [-0.39, 0.29) is 0 Å². The monoisotopic (exact) mass is 240 g/mol. The van der Waals surface area contributed by atoms with E-state index in [2.05, 4.69) is 20.2 Å². The maximum atomic E-state index is 4.27. The molecule has 3 aromatic rings. The molecule has 17 heavy (non-hydrogen) atoms. The molecule has 0 saturated heterocycles. The van der Waals surface area contributed by atoms with Crippen LogP contribution in [0, 0.1) is 0 Å². The minimum Gasteiger partial charge on any atom is -0.253 e. The molecule has 0 atom stereocenters. The maximum absolute atomic E-state index is 4.27. The summed E-state index contributed by atoms with van der Waals surface area (Å²) in [6.07, 6.45) is 3.44. The molecule has 0 aliphatic heterocycles. The largest absolute Gasteiger partial charge is 0.253 e. The lowest BCUT2D eigenvalue weighted by molar-refractivity contribution is 0.978. The Morgan fingerprint density at radius 3 is 2.59 bits per heavy atom. The number of hydrogen-bond acceptors (Lipinski definition) is 5. The van der Waals surface area contributed by atoms with Gasteiger partial charge in [0.05, 0.1) is 6.20 Å². The molecule has 3 rings (SSSR count). The van der Waals surface area contributed by atoms with Crippen LogP contribution in [0.4, 0.5) is 0 Å². The standard InChI is InChI=1S/C12H8N4S/c1-2-5-13-10(3-1)12-14-7-11(15-16-12)9-4-6-17-8-9/h1-8H. The summed E-state index contributed by atoms with van der Waals surface area (Å²) in [5.41, 5.74) is 2.56. The molecule has 3 aromatic heterocycles. The van der Waals surface area contributed by atoms with E-state index in [9.17, 15) is 0 Å². The van der Waals surface area contributed by atoms with Crippen molar-refractivity contribution in [1.29, 1.82) is 0 Å². The average Bonchev–Trinajstić information content (AvgIpc) is 2.94. The van der Waals surface area contributed by atoms with Gasteiger partial charge in [0.1, 0.15) is 11.4 Å². The topological polar surface area (TPSA) is 51.6 Å². The first-order chi connectivity index (χ1) is 8.43. The van der Waals surface area contributed by atoms with Crippen molar-refractivity contribution in [3.05, 3.63) is 47.4 Å². The fraction of sp³-hybridized carbons (Fsp3) is 0. The van der Waals surface area contributed by atoms with E-state index in [1.54, 1.807) is 23.7 Å². The van der Waals surface area contributed by atoms with Gasteiger partial charge in [-0.15, -0.1) is 10.2 Å². The zero-order chi connectivity index (χ0) is 11.5.